The second kappa shape index (κ2) is 9.37. The minimum atomic E-state index is -4.59. The van der Waals surface area contributed by atoms with Gasteiger partial charge in [0.2, 0.25) is 0 Å². The lowest BCUT2D eigenvalue weighted by Gasteiger charge is -2.10. The van der Waals surface area contributed by atoms with Gasteiger partial charge in [-0.25, -0.2) is 9.98 Å². The molecule has 0 spiro atoms. The Morgan fingerprint density at radius 2 is 1.83 bits per heavy atom. The summed E-state index contributed by atoms with van der Waals surface area (Å²) in [6, 6.07) is 5.24. The Hall–Kier alpha value is -2.44. The SMILES string of the molecule is FC(F)(F)c1cccc(CONC=NC(=S)Nc2ncc(C(F)(F)F)cc2Cl)c1. The molecule has 0 aliphatic heterocycles. The molecule has 2 N–H and O–H groups in total. The van der Waals surface area contributed by atoms with Gasteiger partial charge in [0.05, 0.1) is 22.8 Å². The van der Waals surface area contributed by atoms with Crippen molar-refractivity contribution < 1.29 is 31.2 Å². The zero-order valence-corrected chi connectivity index (χ0v) is 15.7. The number of hydrogen-bond acceptors (Lipinski definition) is 3. The minimum absolute atomic E-state index is 0.133. The van der Waals surface area contributed by atoms with Gasteiger partial charge in [0, 0.05) is 6.20 Å². The zero-order valence-electron chi connectivity index (χ0n) is 14.1. The van der Waals surface area contributed by atoms with E-state index in [0.29, 0.717) is 12.3 Å². The van der Waals surface area contributed by atoms with Crippen molar-refractivity contribution in [3.63, 3.8) is 0 Å². The van der Waals surface area contributed by atoms with Crippen LogP contribution in [0.3, 0.4) is 0 Å². The molecule has 1 aromatic heterocycles. The lowest BCUT2D eigenvalue weighted by atomic mass is 10.1. The predicted molar refractivity (Wildman–Crippen MR) is 98.3 cm³/mol. The number of hydroxylamine groups is 1. The summed E-state index contributed by atoms with van der Waals surface area (Å²) in [5.74, 6) is -0.133. The van der Waals surface area contributed by atoms with Gasteiger partial charge in [-0.05, 0) is 36.0 Å². The molecule has 0 saturated heterocycles. The van der Waals surface area contributed by atoms with Crippen LogP contribution in [0.15, 0.2) is 41.5 Å². The minimum Gasteiger partial charge on any atom is -0.314 e. The molecule has 0 amide bonds. The maximum absolute atomic E-state index is 12.6. The second-order valence-corrected chi connectivity index (χ2v) is 6.14. The van der Waals surface area contributed by atoms with E-state index in [0.717, 1.165) is 18.5 Å². The molecular formula is C16H11ClF6N4OS. The highest BCUT2D eigenvalue weighted by molar-refractivity contribution is 7.80. The quantitative estimate of drug-likeness (QED) is 0.161. The van der Waals surface area contributed by atoms with Crippen LogP contribution in [0.2, 0.25) is 5.02 Å². The normalized spacial score (nSPS) is 12.2. The summed E-state index contributed by atoms with van der Waals surface area (Å²) in [5.41, 5.74) is 0.688. The lowest BCUT2D eigenvalue weighted by molar-refractivity contribution is -0.138. The van der Waals surface area contributed by atoms with Crippen LogP contribution in [0.25, 0.3) is 0 Å². The van der Waals surface area contributed by atoms with E-state index in [1.807, 2.05) is 0 Å². The van der Waals surface area contributed by atoms with Crippen LogP contribution < -0.4 is 10.8 Å². The molecule has 13 heteroatoms. The van der Waals surface area contributed by atoms with Crippen molar-refractivity contribution in [1.82, 2.24) is 10.5 Å². The first kappa shape index (κ1) is 22.8. The Morgan fingerprint density at radius 3 is 2.45 bits per heavy atom. The van der Waals surface area contributed by atoms with E-state index >= 15 is 0 Å². The molecule has 1 heterocycles. The van der Waals surface area contributed by atoms with E-state index in [1.165, 1.54) is 12.1 Å². The van der Waals surface area contributed by atoms with E-state index in [1.54, 1.807) is 0 Å². The number of pyridine rings is 1. The number of alkyl halides is 6. The van der Waals surface area contributed by atoms with Gasteiger partial charge in [-0.3, -0.25) is 10.3 Å². The number of nitrogens with zero attached hydrogens (tertiary/aromatic N) is 2. The topological polar surface area (TPSA) is 58.5 Å². The highest BCUT2D eigenvalue weighted by atomic mass is 35.5. The van der Waals surface area contributed by atoms with Gasteiger partial charge in [0.25, 0.3) is 0 Å². The second-order valence-electron chi connectivity index (χ2n) is 5.35. The number of thiocarbonyl (C=S) groups is 1. The molecule has 0 saturated carbocycles. The summed E-state index contributed by atoms with van der Waals surface area (Å²) in [6.07, 6.45) is -7.48. The molecule has 156 valence electrons. The van der Waals surface area contributed by atoms with Crippen LogP contribution in [0.5, 0.6) is 0 Å². The lowest BCUT2D eigenvalue weighted by Crippen LogP contribution is -2.16. The van der Waals surface area contributed by atoms with Crippen molar-refractivity contribution in [2.75, 3.05) is 5.32 Å². The Kier molecular flexibility index (Phi) is 7.38. The van der Waals surface area contributed by atoms with Crippen molar-refractivity contribution in [3.8, 4) is 0 Å². The van der Waals surface area contributed by atoms with Gasteiger partial charge in [-0.2, -0.15) is 26.3 Å². The summed E-state index contributed by atoms with van der Waals surface area (Å²) < 4.78 is 75.5. The number of rotatable bonds is 5. The number of benzene rings is 1. The van der Waals surface area contributed by atoms with Crippen molar-refractivity contribution in [3.05, 3.63) is 58.2 Å². The molecular weight excluding hydrogens is 446 g/mol. The fourth-order valence-corrected chi connectivity index (χ4v) is 2.27. The summed E-state index contributed by atoms with van der Waals surface area (Å²) >= 11 is 10.6. The summed E-state index contributed by atoms with van der Waals surface area (Å²) in [7, 11) is 0. The number of aromatic nitrogens is 1. The summed E-state index contributed by atoms with van der Waals surface area (Å²) in [4.78, 5) is 12.2. The Bertz CT molecular complexity index is 904. The maximum atomic E-state index is 12.6. The van der Waals surface area contributed by atoms with Gasteiger partial charge in [-0.15, -0.1) is 0 Å². The summed E-state index contributed by atoms with van der Waals surface area (Å²) in [5, 5.41) is 1.91. The molecule has 0 aliphatic rings. The van der Waals surface area contributed by atoms with Crippen LogP contribution in [0.1, 0.15) is 16.7 Å². The average molecular weight is 457 g/mol. The van der Waals surface area contributed by atoms with Crippen LogP contribution in [0.4, 0.5) is 32.2 Å². The Balaban J connectivity index is 1.83. The van der Waals surface area contributed by atoms with Crippen LogP contribution in [0, 0.1) is 0 Å². The first-order valence-corrected chi connectivity index (χ1v) is 8.35. The van der Waals surface area contributed by atoms with Crippen LogP contribution in [-0.4, -0.2) is 16.4 Å². The highest BCUT2D eigenvalue weighted by Gasteiger charge is 2.32. The van der Waals surface area contributed by atoms with E-state index < -0.39 is 23.5 Å². The van der Waals surface area contributed by atoms with Crippen molar-refractivity contribution in [1.29, 1.82) is 0 Å². The third-order valence-electron chi connectivity index (χ3n) is 3.20. The number of halogens is 7. The van der Waals surface area contributed by atoms with E-state index in [4.69, 9.17) is 28.7 Å². The number of hydrogen-bond donors (Lipinski definition) is 2. The molecule has 0 atom stereocenters. The Labute approximate surface area is 170 Å². The predicted octanol–water partition coefficient (Wildman–Crippen LogP) is 5.22. The van der Waals surface area contributed by atoms with Gasteiger partial charge >= 0.3 is 12.4 Å². The molecule has 0 unspecified atom stereocenters. The first-order valence-electron chi connectivity index (χ1n) is 7.56. The Morgan fingerprint density at radius 1 is 1.14 bits per heavy atom. The molecule has 1 aromatic carbocycles. The van der Waals surface area contributed by atoms with Crippen LogP contribution >= 0.6 is 23.8 Å². The average Bonchev–Trinajstić information content (AvgIpc) is 2.62. The first-order chi connectivity index (χ1) is 13.5. The number of anilines is 1. The van der Waals surface area contributed by atoms with Crippen molar-refractivity contribution in [2.24, 2.45) is 4.99 Å². The van der Waals surface area contributed by atoms with E-state index in [2.05, 4.69) is 20.8 Å². The van der Waals surface area contributed by atoms with Crippen molar-refractivity contribution >= 4 is 41.1 Å². The fourth-order valence-electron chi connectivity index (χ4n) is 1.90. The van der Waals surface area contributed by atoms with Gasteiger partial charge in [0.1, 0.15) is 6.34 Å². The summed E-state index contributed by atoms with van der Waals surface area (Å²) in [6.45, 7) is -0.192. The molecule has 0 bridgehead atoms. The third kappa shape index (κ3) is 7.15. The molecule has 0 fully saturated rings. The third-order valence-corrected chi connectivity index (χ3v) is 3.70. The number of aliphatic imine (C=N–C) groups is 1. The van der Waals surface area contributed by atoms with E-state index in [9.17, 15) is 26.3 Å². The molecule has 2 aromatic rings. The monoisotopic (exact) mass is 456 g/mol. The zero-order chi connectivity index (χ0) is 21.7. The fraction of sp³-hybridized carbons (Fsp3) is 0.188. The largest absolute Gasteiger partial charge is 0.417 e. The van der Waals surface area contributed by atoms with Gasteiger partial charge in [0.15, 0.2) is 10.9 Å². The van der Waals surface area contributed by atoms with Crippen molar-refractivity contribution in [2.45, 2.75) is 19.0 Å². The molecule has 5 nitrogen and oxygen atoms in total. The van der Waals surface area contributed by atoms with E-state index in [-0.39, 0.29) is 28.1 Å². The molecule has 0 radical (unpaired) electrons. The standard InChI is InChI=1S/C16H11ClF6N4OS/c17-12-5-11(16(21,22)23)6-24-13(12)27-14(29)25-8-26-28-7-9-2-1-3-10(4-9)15(18,19)20/h1-6,8H,7H2,(H2,24,25,26,27,29). The molecule has 29 heavy (non-hydrogen) atoms. The number of nitrogens with one attached hydrogen (secondary N) is 2. The smallest absolute Gasteiger partial charge is 0.314 e. The van der Waals surface area contributed by atoms with Crippen LogP contribution in [-0.2, 0) is 23.8 Å². The molecule has 2 rings (SSSR count). The van der Waals surface area contributed by atoms with Gasteiger partial charge < -0.3 is 5.32 Å². The van der Waals surface area contributed by atoms with Gasteiger partial charge in [-0.1, -0.05) is 23.7 Å². The maximum Gasteiger partial charge on any atom is 0.417 e. The highest BCUT2D eigenvalue weighted by Crippen LogP contribution is 2.32. The molecule has 0 aliphatic carbocycles.